The van der Waals surface area contributed by atoms with Gasteiger partial charge in [-0.2, -0.15) is 0 Å². The number of aromatic nitrogens is 1. The molecular formula is C20H18FN3O3S. The van der Waals surface area contributed by atoms with Gasteiger partial charge in [-0.25, -0.2) is 12.8 Å². The Morgan fingerprint density at radius 1 is 1.04 bits per heavy atom. The van der Waals surface area contributed by atoms with E-state index in [2.05, 4.69) is 15.0 Å². The minimum Gasteiger partial charge on any atom is -0.322 e. The summed E-state index contributed by atoms with van der Waals surface area (Å²) in [6.45, 7) is 3.42. The molecule has 8 heteroatoms. The van der Waals surface area contributed by atoms with Crippen molar-refractivity contribution in [3.63, 3.8) is 0 Å². The Morgan fingerprint density at radius 2 is 1.79 bits per heavy atom. The predicted octanol–water partition coefficient (Wildman–Crippen LogP) is 3.89. The summed E-state index contributed by atoms with van der Waals surface area (Å²) in [5, 5.41) is 2.65. The monoisotopic (exact) mass is 399 g/mol. The third-order valence-electron chi connectivity index (χ3n) is 4.03. The van der Waals surface area contributed by atoms with Crippen molar-refractivity contribution in [2.24, 2.45) is 0 Å². The van der Waals surface area contributed by atoms with Gasteiger partial charge in [0.15, 0.2) is 0 Å². The fourth-order valence-corrected chi connectivity index (χ4v) is 3.86. The number of rotatable bonds is 5. The number of benzene rings is 2. The summed E-state index contributed by atoms with van der Waals surface area (Å²) in [5.41, 5.74) is 1.73. The van der Waals surface area contributed by atoms with Gasteiger partial charge < -0.3 is 5.32 Å². The Bertz CT molecular complexity index is 1130. The van der Waals surface area contributed by atoms with Gasteiger partial charge in [0, 0.05) is 17.6 Å². The minimum atomic E-state index is -4.05. The first-order valence-corrected chi connectivity index (χ1v) is 9.86. The molecule has 28 heavy (non-hydrogen) atoms. The normalized spacial score (nSPS) is 11.1. The largest absolute Gasteiger partial charge is 0.322 e. The fraction of sp³-hybridized carbons (Fsp3) is 0.100. The van der Waals surface area contributed by atoms with Crippen LogP contribution in [0.5, 0.6) is 0 Å². The quantitative estimate of drug-likeness (QED) is 0.681. The second-order valence-electron chi connectivity index (χ2n) is 6.21. The lowest BCUT2D eigenvalue weighted by molar-refractivity contribution is 0.102. The van der Waals surface area contributed by atoms with Gasteiger partial charge in [-0.1, -0.05) is 18.2 Å². The van der Waals surface area contributed by atoms with E-state index < -0.39 is 21.7 Å². The van der Waals surface area contributed by atoms with E-state index >= 15 is 0 Å². The lowest BCUT2D eigenvalue weighted by atomic mass is 10.2. The number of nitrogens with one attached hydrogen (secondary N) is 2. The van der Waals surface area contributed by atoms with Crippen LogP contribution < -0.4 is 10.0 Å². The Morgan fingerprint density at radius 3 is 2.46 bits per heavy atom. The first-order valence-electron chi connectivity index (χ1n) is 8.38. The number of sulfonamides is 1. The van der Waals surface area contributed by atoms with Gasteiger partial charge in [-0.05, 0) is 55.8 Å². The van der Waals surface area contributed by atoms with Gasteiger partial charge in [-0.3, -0.25) is 14.5 Å². The molecule has 0 saturated carbocycles. The molecule has 0 aliphatic heterocycles. The highest BCUT2D eigenvalue weighted by molar-refractivity contribution is 7.92. The third kappa shape index (κ3) is 4.34. The van der Waals surface area contributed by atoms with E-state index in [4.69, 9.17) is 0 Å². The number of amides is 1. The zero-order valence-electron chi connectivity index (χ0n) is 15.2. The van der Waals surface area contributed by atoms with Crippen LogP contribution in [-0.4, -0.2) is 19.3 Å². The molecule has 2 N–H and O–H groups in total. The van der Waals surface area contributed by atoms with Gasteiger partial charge in [0.1, 0.15) is 5.82 Å². The fourth-order valence-electron chi connectivity index (χ4n) is 2.52. The zero-order valence-corrected chi connectivity index (χ0v) is 16.0. The molecule has 1 aromatic heterocycles. The van der Waals surface area contributed by atoms with Crippen LogP contribution in [-0.2, 0) is 10.0 Å². The number of pyridine rings is 1. The second kappa shape index (κ2) is 7.77. The molecule has 0 atom stereocenters. The lowest BCUT2D eigenvalue weighted by Crippen LogP contribution is -2.17. The molecule has 0 saturated heterocycles. The number of carbonyl (C=O) groups is 1. The van der Waals surface area contributed by atoms with Gasteiger partial charge in [0.2, 0.25) is 0 Å². The SMILES string of the molecule is Cc1ccc(C(=O)Nc2ccc(C)c(S(=O)(=O)Nc3ccccc3F)c2)cn1. The standard InChI is InChI=1S/C20H18FN3O3S/c1-13-7-10-16(23-20(25)15-9-8-14(2)22-12-15)11-19(13)28(26,27)24-18-6-4-3-5-17(18)21/h3-12,24H,1-2H3,(H,23,25). The minimum absolute atomic E-state index is 0.0596. The molecule has 0 radical (unpaired) electrons. The number of carbonyl (C=O) groups excluding carboxylic acids is 1. The molecule has 6 nitrogen and oxygen atoms in total. The maximum atomic E-state index is 13.8. The molecule has 2 aromatic carbocycles. The van der Waals surface area contributed by atoms with E-state index in [-0.39, 0.29) is 10.6 Å². The van der Waals surface area contributed by atoms with Crippen LogP contribution in [0.25, 0.3) is 0 Å². The highest BCUT2D eigenvalue weighted by Crippen LogP contribution is 2.24. The summed E-state index contributed by atoms with van der Waals surface area (Å²) in [6, 6.07) is 13.3. The number of para-hydroxylation sites is 1. The second-order valence-corrected chi connectivity index (χ2v) is 7.86. The Balaban J connectivity index is 1.87. The van der Waals surface area contributed by atoms with E-state index in [1.807, 2.05) is 0 Å². The van der Waals surface area contributed by atoms with E-state index in [0.29, 0.717) is 16.8 Å². The molecule has 1 amide bonds. The summed E-state index contributed by atoms with van der Waals surface area (Å²) < 4.78 is 41.5. The van der Waals surface area contributed by atoms with Crippen molar-refractivity contribution >= 4 is 27.3 Å². The number of hydrogen-bond acceptors (Lipinski definition) is 4. The maximum Gasteiger partial charge on any atom is 0.262 e. The lowest BCUT2D eigenvalue weighted by Gasteiger charge is -2.13. The van der Waals surface area contributed by atoms with Crippen LogP contribution >= 0.6 is 0 Å². The number of anilines is 2. The summed E-state index contributed by atoms with van der Waals surface area (Å²) in [5.74, 6) is -1.10. The number of halogens is 1. The van der Waals surface area contributed by atoms with E-state index in [1.165, 1.54) is 30.5 Å². The molecule has 0 fully saturated rings. The van der Waals surface area contributed by atoms with Crippen molar-refractivity contribution in [3.8, 4) is 0 Å². The van der Waals surface area contributed by atoms with Crippen molar-refractivity contribution in [1.82, 2.24) is 4.98 Å². The van der Waals surface area contributed by atoms with E-state index in [1.54, 1.807) is 38.1 Å². The zero-order chi connectivity index (χ0) is 20.3. The van der Waals surface area contributed by atoms with Crippen molar-refractivity contribution in [2.45, 2.75) is 18.7 Å². The summed E-state index contributed by atoms with van der Waals surface area (Å²) in [4.78, 5) is 16.3. The van der Waals surface area contributed by atoms with Gasteiger partial charge in [0.05, 0.1) is 16.1 Å². The van der Waals surface area contributed by atoms with Crippen molar-refractivity contribution < 1.29 is 17.6 Å². The molecule has 1 heterocycles. The van der Waals surface area contributed by atoms with Crippen LogP contribution in [0.15, 0.2) is 65.7 Å². The van der Waals surface area contributed by atoms with Crippen LogP contribution in [0.3, 0.4) is 0 Å². The highest BCUT2D eigenvalue weighted by atomic mass is 32.2. The molecule has 0 aliphatic carbocycles. The Hall–Kier alpha value is -3.26. The number of aryl methyl sites for hydroxylation is 2. The third-order valence-corrected chi connectivity index (χ3v) is 5.53. The molecule has 0 spiro atoms. The Labute approximate surface area is 162 Å². The highest BCUT2D eigenvalue weighted by Gasteiger charge is 2.20. The van der Waals surface area contributed by atoms with Crippen molar-refractivity contribution in [3.05, 3.63) is 83.4 Å². The van der Waals surface area contributed by atoms with E-state index in [9.17, 15) is 17.6 Å². The topological polar surface area (TPSA) is 88.2 Å². The van der Waals surface area contributed by atoms with Crippen LogP contribution in [0, 0.1) is 19.7 Å². The molecule has 0 bridgehead atoms. The first kappa shape index (κ1) is 19.5. The van der Waals surface area contributed by atoms with Gasteiger partial charge in [0.25, 0.3) is 15.9 Å². The molecule has 0 aliphatic rings. The molecular weight excluding hydrogens is 381 g/mol. The van der Waals surface area contributed by atoms with Gasteiger partial charge in [-0.15, -0.1) is 0 Å². The average Bonchev–Trinajstić information content (AvgIpc) is 2.65. The molecule has 144 valence electrons. The summed E-state index contributed by atoms with van der Waals surface area (Å²) >= 11 is 0. The van der Waals surface area contributed by atoms with E-state index in [0.717, 1.165) is 11.8 Å². The molecule has 3 rings (SSSR count). The number of hydrogen-bond donors (Lipinski definition) is 2. The van der Waals surface area contributed by atoms with Crippen molar-refractivity contribution in [1.29, 1.82) is 0 Å². The predicted molar refractivity (Wildman–Crippen MR) is 105 cm³/mol. The smallest absolute Gasteiger partial charge is 0.262 e. The molecule has 3 aromatic rings. The van der Waals surface area contributed by atoms with Crippen LogP contribution in [0.2, 0.25) is 0 Å². The summed E-state index contributed by atoms with van der Waals surface area (Å²) in [7, 11) is -4.05. The van der Waals surface area contributed by atoms with Crippen LogP contribution in [0.1, 0.15) is 21.6 Å². The average molecular weight is 399 g/mol. The Kier molecular flexibility index (Phi) is 5.41. The maximum absolute atomic E-state index is 13.8. The van der Waals surface area contributed by atoms with Crippen molar-refractivity contribution in [2.75, 3.05) is 10.0 Å². The first-order chi connectivity index (χ1) is 13.3. The van der Waals surface area contributed by atoms with Gasteiger partial charge >= 0.3 is 0 Å². The van der Waals surface area contributed by atoms with Crippen LogP contribution in [0.4, 0.5) is 15.8 Å². The summed E-state index contributed by atoms with van der Waals surface area (Å²) in [6.07, 6.45) is 1.44. The molecule has 0 unspecified atom stereocenters. The number of nitrogens with zero attached hydrogens (tertiary/aromatic N) is 1.